The lowest BCUT2D eigenvalue weighted by Crippen LogP contribution is -2.43. The van der Waals surface area contributed by atoms with Gasteiger partial charge >= 0.3 is 6.03 Å². The molecule has 0 bridgehead atoms. The van der Waals surface area contributed by atoms with Gasteiger partial charge in [-0.2, -0.15) is 0 Å². The van der Waals surface area contributed by atoms with Gasteiger partial charge in [-0.3, -0.25) is 10.9 Å². The second-order valence-corrected chi connectivity index (χ2v) is 0.618. The first-order valence-electron chi connectivity index (χ1n) is 1.28. The summed E-state index contributed by atoms with van der Waals surface area (Å²) in [6, 6.07) is -0.602. The highest BCUT2D eigenvalue weighted by Gasteiger charge is 1.82. The number of urea groups is 1. The Hall–Kier alpha value is -0.850. The van der Waals surface area contributed by atoms with E-state index in [-0.39, 0.29) is 5.48 Å². The molecule has 0 aromatic rings. The van der Waals surface area contributed by atoms with Crippen LogP contribution < -0.4 is 22.5 Å². The molecule has 0 aliphatic heterocycles. The largest absolute Gasteiger partial charge is 0.343 e. The van der Waals surface area contributed by atoms with E-state index in [0.717, 1.165) is 0 Å². The van der Waals surface area contributed by atoms with Crippen LogP contribution in [0.3, 0.4) is 0 Å². The van der Waals surface area contributed by atoms with Crippen molar-refractivity contribution < 1.29 is 10.3 Å². The summed E-state index contributed by atoms with van der Waals surface area (Å²) in [5.41, 5.74) is 3.48. The predicted octanol–water partition coefficient (Wildman–Crippen LogP) is -2.09. The molecular formula is CH6N4O2. The minimum atomic E-state index is -0.602. The van der Waals surface area contributed by atoms with Crippen molar-refractivity contribution in [1.29, 1.82) is 0 Å². The molecule has 42 valence electrons. The van der Waals surface area contributed by atoms with Gasteiger partial charge in [0, 0.05) is 5.48 Å². The fourth-order valence-corrected chi connectivity index (χ4v) is 0.0417. The quantitative estimate of drug-likeness (QED) is 0.161. The van der Waals surface area contributed by atoms with Crippen LogP contribution in [-0.4, -0.2) is 6.03 Å². The van der Waals surface area contributed by atoms with Crippen LogP contribution in [-0.2, 0) is 5.48 Å². The number of rotatable bonds is 0. The fraction of sp³-hybridized carbons (Fsp3) is 0. The van der Waals surface area contributed by atoms with E-state index in [0.29, 0.717) is 0 Å². The summed E-state index contributed by atoms with van der Waals surface area (Å²) in [6.45, 7) is 0. The molecule has 0 fully saturated rings. The fourth-order valence-electron chi connectivity index (χ4n) is 0.0417. The minimum absolute atomic E-state index is 0. The molecule has 6 nitrogen and oxygen atoms in total. The SMILES string of the molecule is NNC(=O)NN.[O]. The van der Waals surface area contributed by atoms with Crippen molar-refractivity contribution in [3.63, 3.8) is 0 Å². The predicted molar refractivity (Wildman–Crippen MR) is 20.7 cm³/mol. The van der Waals surface area contributed by atoms with Crippen LogP contribution in [0, 0.1) is 0 Å². The van der Waals surface area contributed by atoms with Gasteiger partial charge in [0.1, 0.15) is 0 Å². The average Bonchev–Trinajstić information content (AvgIpc) is 1.65. The molecular weight excluding hydrogens is 100 g/mol. The molecule has 2 radical (unpaired) electrons. The van der Waals surface area contributed by atoms with Crippen molar-refractivity contribution in [2.75, 3.05) is 0 Å². The molecule has 0 aliphatic carbocycles. The summed E-state index contributed by atoms with van der Waals surface area (Å²) in [7, 11) is 0. The van der Waals surface area contributed by atoms with Gasteiger partial charge in [0.05, 0.1) is 0 Å². The van der Waals surface area contributed by atoms with E-state index in [9.17, 15) is 4.79 Å². The molecule has 0 saturated heterocycles. The van der Waals surface area contributed by atoms with E-state index in [1.165, 1.54) is 0 Å². The Kier molecular flexibility index (Phi) is 6.97. The number of hydrazine groups is 2. The van der Waals surface area contributed by atoms with Crippen LogP contribution >= 0.6 is 0 Å². The van der Waals surface area contributed by atoms with E-state index in [1.54, 1.807) is 10.9 Å². The van der Waals surface area contributed by atoms with Gasteiger partial charge in [0.25, 0.3) is 0 Å². The lowest BCUT2D eigenvalue weighted by molar-refractivity contribution is 0.241. The number of carbonyl (C=O) groups is 1. The third kappa shape index (κ3) is 5.15. The van der Waals surface area contributed by atoms with Crippen molar-refractivity contribution in [1.82, 2.24) is 10.9 Å². The number of amides is 2. The minimum Gasteiger partial charge on any atom is -0.275 e. The Morgan fingerprint density at radius 3 is 1.57 bits per heavy atom. The van der Waals surface area contributed by atoms with Gasteiger partial charge in [0.15, 0.2) is 0 Å². The maximum absolute atomic E-state index is 9.71. The van der Waals surface area contributed by atoms with Crippen LogP contribution in [0.25, 0.3) is 0 Å². The van der Waals surface area contributed by atoms with Crippen molar-refractivity contribution in [2.24, 2.45) is 11.7 Å². The van der Waals surface area contributed by atoms with Crippen molar-refractivity contribution in [3.8, 4) is 0 Å². The van der Waals surface area contributed by atoms with Gasteiger partial charge in [0.2, 0.25) is 0 Å². The lowest BCUT2D eigenvalue weighted by Gasteiger charge is -1.90. The van der Waals surface area contributed by atoms with Gasteiger partial charge in [-0.15, -0.1) is 0 Å². The zero-order valence-corrected chi connectivity index (χ0v) is 3.47. The van der Waals surface area contributed by atoms with Crippen LogP contribution in [0.1, 0.15) is 0 Å². The molecule has 0 unspecified atom stereocenters. The van der Waals surface area contributed by atoms with E-state index in [1.807, 2.05) is 0 Å². The highest BCUT2D eigenvalue weighted by Crippen LogP contribution is 1.42. The highest BCUT2D eigenvalue weighted by molar-refractivity contribution is 5.72. The number of hydrogen-bond acceptors (Lipinski definition) is 3. The van der Waals surface area contributed by atoms with Crippen LogP contribution in [0.4, 0.5) is 4.79 Å². The van der Waals surface area contributed by atoms with Crippen LogP contribution in [0.2, 0.25) is 0 Å². The van der Waals surface area contributed by atoms with Crippen molar-refractivity contribution >= 4 is 6.03 Å². The number of nitrogens with one attached hydrogen (secondary N) is 2. The second-order valence-electron chi connectivity index (χ2n) is 0.618. The molecule has 6 heteroatoms. The molecule has 0 saturated carbocycles. The van der Waals surface area contributed by atoms with Crippen LogP contribution in [0.15, 0.2) is 0 Å². The summed E-state index contributed by atoms with van der Waals surface area (Å²) in [5, 5.41) is 0. The molecule has 0 aromatic heterocycles. The van der Waals surface area contributed by atoms with E-state index < -0.39 is 6.03 Å². The molecule has 7 heavy (non-hydrogen) atoms. The molecule has 0 heterocycles. The summed E-state index contributed by atoms with van der Waals surface area (Å²) < 4.78 is 0. The van der Waals surface area contributed by atoms with Crippen molar-refractivity contribution in [3.05, 3.63) is 0 Å². The molecule has 0 aliphatic rings. The second kappa shape index (κ2) is 5.15. The Bertz CT molecular complexity index is 47.7. The summed E-state index contributed by atoms with van der Waals surface area (Å²) >= 11 is 0. The Morgan fingerprint density at radius 1 is 1.29 bits per heavy atom. The Balaban J connectivity index is 0. The molecule has 0 atom stereocenters. The zero-order valence-electron chi connectivity index (χ0n) is 3.47. The highest BCUT2D eigenvalue weighted by atomic mass is 16.2. The standard InChI is InChI=1S/CH6N4O.O/c2-4-1(6)5-3;/h2-3H2,(H2,4,5,6);. The molecule has 0 aromatic carbocycles. The maximum Gasteiger partial charge on any atom is 0.343 e. The van der Waals surface area contributed by atoms with E-state index >= 15 is 0 Å². The molecule has 6 N–H and O–H groups in total. The normalized spacial score (nSPS) is 6.00. The third-order valence-corrected chi connectivity index (χ3v) is 0.262. The molecule has 2 amide bonds. The average molecular weight is 106 g/mol. The van der Waals surface area contributed by atoms with E-state index in [2.05, 4.69) is 11.7 Å². The van der Waals surface area contributed by atoms with Gasteiger partial charge in [-0.05, 0) is 0 Å². The maximum atomic E-state index is 9.71. The molecule has 0 spiro atoms. The van der Waals surface area contributed by atoms with Gasteiger partial charge < -0.3 is 0 Å². The monoisotopic (exact) mass is 106 g/mol. The lowest BCUT2D eigenvalue weighted by atomic mass is 11.1. The first-order chi connectivity index (χ1) is 2.81. The third-order valence-electron chi connectivity index (χ3n) is 0.262. The van der Waals surface area contributed by atoms with Crippen LogP contribution in [0.5, 0.6) is 0 Å². The topological polar surface area (TPSA) is 122 Å². The summed E-state index contributed by atoms with van der Waals surface area (Å²) in [4.78, 5) is 9.71. The summed E-state index contributed by atoms with van der Waals surface area (Å²) in [5.74, 6) is 9.08. The van der Waals surface area contributed by atoms with Crippen molar-refractivity contribution in [2.45, 2.75) is 0 Å². The van der Waals surface area contributed by atoms with Gasteiger partial charge in [-0.25, -0.2) is 16.5 Å². The first kappa shape index (κ1) is 9.47. The number of nitrogens with two attached hydrogens (primary N) is 2. The Morgan fingerprint density at radius 2 is 1.57 bits per heavy atom. The number of carbonyl (C=O) groups excluding carboxylic acids is 1. The van der Waals surface area contributed by atoms with E-state index in [4.69, 9.17) is 0 Å². The van der Waals surface area contributed by atoms with Gasteiger partial charge in [-0.1, -0.05) is 0 Å². The number of hydrogen-bond donors (Lipinski definition) is 4. The smallest absolute Gasteiger partial charge is 0.275 e. The zero-order chi connectivity index (χ0) is 4.99. The first-order valence-corrected chi connectivity index (χ1v) is 1.28. The summed E-state index contributed by atoms with van der Waals surface area (Å²) in [6.07, 6.45) is 0. The Labute approximate surface area is 40.1 Å². The molecule has 0 rings (SSSR count).